The Morgan fingerprint density at radius 3 is 2.53 bits per heavy atom. The molecule has 2 saturated heterocycles. The summed E-state index contributed by atoms with van der Waals surface area (Å²) in [5.74, 6) is 2.26. The van der Waals surface area contributed by atoms with Gasteiger partial charge in [-0.25, -0.2) is 23.4 Å². The Morgan fingerprint density at radius 2 is 1.89 bits per heavy atom. The molecule has 3 aromatic rings. The maximum atomic E-state index is 15.3. The average molecular weight is 622 g/mol. The molecule has 1 aliphatic carbocycles. The van der Waals surface area contributed by atoms with E-state index in [0.717, 1.165) is 25.0 Å². The molecule has 0 spiro atoms. The number of carboxylic acids is 1. The molecule has 1 aromatic carbocycles. The number of fused-ring (bicyclic) bond motifs is 1. The number of carbonyl (C=O) groups is 3. The lowest BCUT2D eigenvalue weighted by atomic mass is 9.91. The van der Waals surface area contributed by atoms with Crippen LogP contribution in [0.15, 0.2) is 35.3 Å². The first-order chi connectivity index (χ1) is 21.4. The van der Waals surface area contributed by atoms with Gasteiger partial charge >= 0.3 is 12.1 Å². The van der Waals surface area contributed by atoms with Gasteiger partial charge in [0.05, 0.1) is 29.7 Å². The number of benzene rings is 1. The Balaban J connectivity index is 1.16. The number of aliphatic hydroxyl groups is 1. The van der Waals surface area contributed by atoms with Crippen molar-refractivity contribution in [1.82, 2.24) is 14.9 Å². The van der Waals surface area contributed by atoms with Crippen LogP contribution in [0.1, 0.15) is 54.6 Å². The van der Waals surface area contributed by atoms with Crippen molar-refractivity contribution in [2.24, 2.45) is 0 Å². The molecule has 0 bridgehead atoms. The summed E-state index contributed by atoms with van der Waals surface area (Å²) in [6.07, 6.45) is 1.80. The van der Waals surface area contributed by atoms with Gasteiger partial charge in [-0.2, -0.15) is 0 Å². The summed E-state index contributed by atoms with van der Waals surface area (Å²) in [7, 11) is 0. The van der Waals surface area contributed by atoms with Crippen molar-refractivity contribution in [1.29, 1.82) is 0 Å². The number of amides is 2. The zero-order valence-electron chi connectivity index (χ0n) is 24.2. The number of rotatable bonds is 6. The zero-order chi connectivity index (χ0) is 32.0. The van der Waals surface area contributed by atoms with Gasteiger partial charge in [-0.15, -0.1) is 0 Å². The second-order valence-electron chi connectivity index (χ2n) is 11.5. The van der Waals surface area contributed by atoms with E-state index in [2.05, 4.69) is 22.1 Å². The summed E-state index contributed by atoms with van der Waals surface area (Å²) in [6.45, 7) is 1.95. The fourth-order valence-electron chi connectivity index (χ4n) is 5.51. The van der Waals surface area contributed by atoms with Crippen LogP contribution < -0.4 is 20.5 Å². The van der Waals surface area contributed by atoms with Crippen LogP contribution in [0.25, 0.3) is 11.0 Å². The molecule has 45 heavy (non-hydrogen) atoms. The van der Waals surface area contributed by atoms with Gasteiger partial charge in [-0.3, -0.25) is 14.5 Å². The topological polar surface area (TPSA) is 154 Å². The number of ether oxygens (including phenoxy) is 1. The van der Waals surface area contributed by atoms with Gasteiger partial charge in [0.15, 0.2) is 11.6 Å². The number of hydrogen-bond acceptors (Lipinski definition) is 8. The van der Waals surface area contributed by atoms with E-state index < -0.39 is 46.4 Å². The first kappa shape index (κ1) is 30.0. The quantitative estimate of drug-likeness (QED) is 0.353. The van der Waals surface area contributed by atoms with E-state index in [9.17, 15) is 33.8 Å². The largest absolute Gasteiger partial charge is 0.477 e. The van der Waals surface area contributed by atoms with E-state index >= 15 is 4.39 Å². The van der Waals surface area contributed by atoms with Crippen LogP contribution in [-0.2, 0) is 9.53 Å². The molecule has 1 unspecified atom stereocenters. The van der Waals surface area contributed by atoms with Crippen molar-refractivity contribution in [3.63, 3.8) is 0 Å². The molecule has 1 saturated carbocycles. The molecule has 12 nitrogen and oxygen atoms in total. The van der Waals surface area contributed by atoms with Crippen LogP contribution in [0.5, 0.6) is 0 Å². The number of piperidine rings is 1. The van der Waals surface area contributed by atoms with E-state index in [1.54, 1.807) is 9.47 Å². The number of cyclic esters (lactones) is 1. The predicted octanol–water partition coefficient (Wildman–Crippen LogP) is 2.55. The van der Waals surface area contributed by atoms with Crippen LogP contribution >= 0.6 is 0 Å². The standard InChI is InChI=1S/C31H29F2N5O7/c1-17(39)34-14-21-15-38(30(43)45-21)20-3-2-18(24(32)12-20)6-7-31(44)8-10-36(11-9-31)28-25(33)13-22-26(40)23(29(41)42)16-37(19-4-5-19)27(22)35-28/h2-3,12-13,16,19,21,44H,4-5,8-11,14-15H2,1H3,(H,34,39)(H,41,42). The third-order valence-electron chi connectivity index (χ3n) is 8.15. The van der Waals surface area contributed by atoms with Gasteiger partial charge in [0.2, 0.25) is 11.3 Å². The summed E-state index contributed by atoms with van der Waals surface area (Å²) < 4.78 is 37.1. The molecule has 4 heterocycles. The first-order valence-corrected chi connectivity index (χ1v) is 14.4. The van der Waals surface area contributed by atoms with Gasteiger partial charge in [-0.05, 0) is 37.1 Å². The third kappa shape index (κ3) is 6.03. The number of hydrogen-bond donors (Lipinski definition) is 3. The fraction of sp³-hybridized carbons (Fsp3) is 0.387. The van der Waals surface area contributed by atoms with Crippen molar-refractivity contribution in [3.05, 3.63) is 63.4 Å². The minimum absolute atomic E-state index is 0.0120. The lowest BCUT2D eigenvalue weighted by molar-refractivity contribution is -0.119. The highest BCUT2D eigenvalue weighted by Crippen LogP contribution is 2.37. The number of nitrogens with zero attached hydrogens (tertiary/aromatic N) is 4. The van der Waals surface area contributed by atoms with Crippen molar-refractivity contribution in [3.8, 4) is 11.8 Å². The highest BCUT2D eigenvalue weighted by atomic mass is 19.1. The molecule has 14 heteroatoms. The van der Waals surface area contributed by atoms with Crippen molar-refractivity contribution in [2.45, 2.75) is 50.4 Å². The lowest BCUT2D eigenvalue weighted by Gasteiger charge is -2.36. The highest BCUT2D eigenvalue weighted by molar-refractivity contribution is 5.92. The summed E-state index contributed by atoms with van der Waals surface area (Å²) in [4.78, 5) is 55.0. The molecule has 2 aliphatic heterocycles. The van der Waals surface area contributed by atoms with Gasteiger partial charge in [-0.1, -0.05) is 11.8 Å². The molecular weight excluding hydrogens is 592 g/mol. The Bertz CT molecular complexity index is 1850. The molecule has 1 atom stereocenters. The van der Waals surface area contributed by atoms with Gasteiger partial charge < -0.3 is 29.7 Å². The van der Waals surface area contributed by atoms with Crippen molar-refractivity contribution >= 4 is 40.5 Å². The van der Waals surface area contributed by atoms with E-state index in [4.69, 9.17) is 4.74 Å². The zero-order valence-corrected chi connectivity index (χ0v) is 24.2. The third-order valence-corrected chi connectivity index (χ3v) is 8.15. The van der Waals surface area contributed by atoms with Crippen LogP contribution in [0, 0.1) is 23.5 Å². The minimum atomic E-state index is -1.49. The smallest absolute Gasteiger partial charge is 0.414 e. The predicted molar refractivity (Wildman–Crippen MR) is 157 cm³/mol. The monoisotopic (exact) mass is 621 g/mol. The Labute approximate surface area is 255 Å². The molecule has 0 radical (unpaired) electrons. The maximum absolute atomic E-state index is 15.3. The lowest BCUT2D eigenvalue weighted by Crippen LogP contribution is -2.44. The SMILES string of the molecule is CC(=O)NCC1CN(c2ccc(C#CC3(O)CCN(c4nc5c(cc4F)c(=O)c(C(=O)O)cn5C4CC4)CC3)c(F)c2)C(=O)O1. The number of aromatic carboxylic acids is 1. The Hall–Kier alpha value is -5.03. The number of nitrogens with one attached hydrogen (secondary N) is 1. The van der Waals surface area contributed by atoms with Crippen LogP contribution in [0.2, 0.25) is 0 Å². The van der Waals surface area contributed by atoms with Gasteiger partial charge in [0.25, 0.3) is 0 Å². The molecule has 2 aromatic heterocycles. The second-order valence-corrected chi connectivity index (χ2v) is 11.5. The molecule has 3 aliphatic rings. The maximum Gasteiger partial charge on any atom is 0.414 e. The van der Waals surface area contributed by atoms with Crippen LogP contribution in [0.4, 0.5) is 25.1 Å². The number of carbonyl (C=O) groups excluding carboxylic acids is 2. The van der Waals surface area contributed by atoms with E-state index in [1.165, 1.54) is 30.2 Å². The molecule has 234 valence electrons. The van der Waals surface area contributed by atoms with E-state index in [0.29, 0.717) is 0 Å². The highest BCUT2D eigenvalue weighted by Gasteiger charge is 2.35. The Kier molecular flexibility index (Phi) is 7.65. The van der Waals surface area contributed by atoms with Gasteiger partial charge in [0.1, 0.15) is 28.7 Å². The van der Waals surface area contributed by atoms with Crippen molar-refractivity contribution in [2.75, 3.05) is 36.0 Å². The number of carboxylic acid groups (broad SMARTS) is 1. The van der Waals surface area contributed by atoms with Crippen molar-refractivity contribution < 1.29 is 38.1 Å². The summed E-state index contributed by atoms with van der Waals surface area (Å²) in [5.41, 5.74) is -2.26. The molecule has 2 amide bonds. The number of pyridine rings is 2. The summed E-state index contributed by atoms with van der Waals surface area (Å²) >= 11 is 0. The van der Waals surface area contributed by atoms with Crippen LogP contribution in [-0.4, -0.2) is 75.6 Å². The number of halogens is 2. The number of aromatic nitrogens is 2. The second kappa shape index (κ2) is 11.5. The van der Waals surface area contributed by atoms with Gasteiger partial charge in [0, 0.05) is 45.1 Å². The molecule has 3 fully saturated rings. The summed E-state index contributed by atoms with van der Waals surface area (Å²) in [6, 6.07) is 5.05. The number of anilines is 2. The van der Waals surface area contributed by atoms with E-state index in [1.807, 2.05) is 0 Å². The molecular formula is C31H29F2N5O7. The first-order valence-electron chi connectivity index (χ1n) is 14.4. The summed E-state index contributed by atoms with van der Waals surface area (Å²) in [5, 5.41) is 23.0. The average Bonchev–Trinajstić information content (AvgIpc) is 3.77. The van der Waals surface area contributed by atoms with E-state index in [-0.39, 0.29) is 79.1 Å². The molecule has 6 rings (SSSR count). The normalized spacial score (nSPS) is 19.2. The Morgan fingerprint density at radius 1 is 1.16 bits per heavy atom. The fourth-order valence-corrected chi connectivity index (χ4v) is 5.51. The van der Waals surface area contributed by atoms with Crippen LogP contribution in [0.3, 0.4) is 0 Å². The minimum Gasteiger partial charge on any atom is -0.477 e. The molecule has 3 N–H and O–H groups in total.